The number of anilines is 1. The van der Waals surface area contributed by atoms with Crippen molar-refractivity contribution < 1.29 is 9.18 Å². The van der Waals surface area contributed by atoms with E-state index in [-0.39, 0.29) is 11.7 Å². The molecular weight excluding hydrogens is 343 g/mol. The first-order valence-electron chi connectivity index (χ1n) is 9.41. The summed E-state index contributed by atoms with van der Waals surface area (Å²) in [6.45, 7) is 5.85. The fourth-order valence-corrected chi connectivity index (χ4v) is 3.67. The molecule has 2 aromatic rings. The van der Waals surface area contributed by atoms with E-state index in [0.717, 1.165) is 37.2 Å². The molecule has 0 saturated carbocycles. The van der Waals surface area contributed by atoms with Gasteiger partial charge in [0, 0.05) is 5.69 Å². The Labute approximate surface area is 159 Å². The number of carbonyl (C=O) groups excluding carboxylic acids is 1. The summed E-state index contributed by atoms with van der Waals surface area (Å²) in [5, 5.41) is 12.5. The van der Waals surface area contributed by atoms with Gasteiger partial charge >= 0.3 is 0 Å². The van der Waals surface area contributed by atoms with Gasteiger partial charge in [-0.15, -0.1) is 0 Å². The van der Waals surface area contributed by atoms with E-state index in [1.165, 1.54) is 25.0 Å². The second kappa shape index (κ2) is 8.36. The van der Waals surface area contributed by atoms with Gasteiger partial charge in [-0.3, -0.25) is 14.3 Å². The van der Waals surface area contributed by atoms with Crippen LogP contribution < -0.4 is 5.32 Å². The number of benzene rings is 1. The average molecular weight is 368 g/mol. The van der Waals surface area contributed by atoms with Gasteiger partial charge in [0.1, 0.15) is 17.7 Å². The van der Waals surface area contributed by atoms with E-state index in [2.05, 4.69) is 16.3 Å². The third-order valence-electron chi connectivity index (χ3n) is 5.22. The number of halogens is 1. The van der Waals surface area contributed by atoms with E-state index < -0.39 is 0 Å². The van der Waals surface area contributed by atoms with Crippen molar-refractivity contribution in [2.75, 3.05) is 25.0 Å². The Morgan fingerprint density at radius 2 is 1.93 bits per heavy atom. The Bertz CT molecular complexity index is 873. The minimum Gasteiger partial charge on any atom is -0.310 e. The molecule has 0 spiro atoms. The molecule has 2 heterocycles. The summed E-state index contributed by atoms with van der Waals surface area (Å²) in [5.74, 6) is -0.0971. The maximum atomic E-state index is 13.7. The van der Waals surface area contributed by atoms with E-state index in [0.29, 0.717) is 23.6 Å². The van der Waals surface area contributed by atoms with Crippen molar-refractivity contribution in [2.45, 2.75) is 39.5 Å². The minimum atomic E-state index is -0.362. The fourth-order valence-electron chi connectivity index (χ4n) is 3.67. The first kappa shape index (κ1) is 19.1. The summed E-state index contributed by atoms with van der Waals surface area (Å²) in [6, 6.07) is 8.34. The predicted octanol–water partition coefficient (Wildman–Crippen LogP) is 3.92. The summed E-state index contributed by atoms with van der Waals surface area (Å²) in [7, 11) is 0. The van der Waals surface area contributed by atoms with Crippen LogP contribution in [0, 0.1) is 31.0 Å². The summed E-state index contributed by atoms with van der Waals surface area (Å²) >= 11 is 0. The lowest BCUT2D eigenvalue weighted by molar-refractivity contribution is -0.117. The van der Waals surface area contributed by atoms with Crippen LogP contribution in [-0.2, 0) is 4.79 Å². The molecule has 1 aliphatic heterocycles. The predicted molar refractivity (Wildman–Crippen MR) is 103 cm³/mol. The number of aromatic nitrogens is 1. The van der Waals surface area contributed by atoms with Crippen LogP contribution in [0.2, 0.25) is 0 Å². The summed E-state index contributed by atoms with van der Waals surface area (Å²) in [6.07, 6.45) is 4.62. The normalized spacial score (nSPS) is 15.2. The smallest absolute Gasteiger partial charge is 0.239 e. The second-order valence-corrected chi connectivity index (χ2v) is 7.10. The van der Waals surface area contributed by atoms with E-state index in [9.17, 15) is 14.4 Å². The van der Waals surface area contributed by atoms with Crippen LogP contribution in [0.3, 0.4) is 0 Å². The maximum Gasteiger partial charge on any atom is 0.239 e. The van der Waals surface area contributed by atoms with Gasteiger partial charge in [-0.25, -0.2) is 4.39 Å². The molecule has 1 fully saturated rings. The number of nitrogens with zero attached hydrogens (tertiary/aromatic N) is 3. The number of hydrogen-bond donors (Lipinski definition) is 1. The molecular formula is C21H25FN4O. The van der Waals surface area contributed by atoms with Gasteiger partial charge in [0.25, 0.3) is 0 Å². The average Bonchev–Trinajstić information content (AvgIpc) is 2.81. The third-order valence-corrected chi connectivity index (χ3v) is 5.22. The molecule has 1 aromatic carbocycles. The number of rotatable bonds is 4. The summed E-state index contributed by atoms with van der Waals surface area (Å²) in [4.78, 5) is 14.8. The van der Waals surface area contributed by atoms with Crippen LogP contribution in [0.4, 0.5) is 10.2 Å². The maximum absolute atomic E-state index is 13.7. The van der Waals surface area contributed by atoms with Crippen molar-refractivity contribution in [3.05, 3.63) is 46.9 Å². The quantitative estimate of drug-likeness (QED) is 0.890. The van der Waals surface area contributed by atoms with Crippen molar-refractivity contribution in [1.29, 1.82) is 5.26 Å². The van der Waals surface area contributed by atoms with Crippen LogP contribution in [0.25, 0.3) is 5.69 Å². The molecule has 1 saturated heterocycles. The molecule has 1 aromatic heterocycles. The number of amides is 1. The van der Waals surface area contributed by atoms with Crippen molar-refractivity contribution in [3.63, 3.8) is 0 Å². The molecule has 1 aliphatic rings. The zero-order chi connectivity index (χ0) is 19.4. The summed E-state index contributed by atoms with van der Waals surface area (Å²) < 4.78 is 15.5. The molecule has 0 atom stereocenters. The number of nitriles is 1. The van der Waals surface area contributed by atoms with Crippen LogP contribution in [0.1, 0.15) is 42.5 Å². The molecule has 142 valence electrons. The molecule has 0 radical (unpaired) electrons. The number of nitrogens with one attached hydrogen (secondary N) is 1. The van der Waals surface area contributed by atoms with Crippen LogP contribution in [0.5, 0.6) is 0 Å². The van der Waals surface area contributed by atoms with E-state index in [4.69, 9.17) is 0 Å². The van der Waals surface area contributed by atoms with Gasteiger partial charge in [0.15, 0.2) is 0 Å². The van der Waals surface area contributed by atoms with Gasteiger partial charge in [0.05, 0.1) is 17.8 Å². The number of hydrogen-bond acceptors (Lipinski definition) is 3. The Balaban J connectivity index is 1.91. The van der Waals surface area contributed by atoms with Gasteiger partial charge in [-0.05, 0) is 63.5 Å². The zero-order valence-corrected chi connectivity index (χ0v) is 15.9. The molecule has 3 rings (SSSR count). The molecule has 0 bridgehead atoms. The largest absolute Gasteiger partial charge is 0.310 e. The van der Waals surface area contributed by atoms with Gasteiger partial charge in [0.2, 0.25) is 5.91 Å². The first-order chi connectivity index (χ1) is 13.0. The minimum absolute atomic E-state index is 0.149. The number of likely N-dealkylation sites (tertiary alicyclic amines) is 1. The van der Waals surface area contributed by atoms with E-state index in [1.54, 1.807) is 16.7 Å². The van der Waals surface area contributed by atoms with Crippen molar-refractivity contribution in [3.8, 4) is 11.8 Å². The fraction of sp³-hybridized carbons (Fsp3) is 0.429. The molecule has 6 heteroatoms. The Morgan fingerprint density at radius 1 is 1.22 bits per heavy atom. The Kier molecular flexibility index (Phi) is 5.92. The standard InChI is InChI=1S/C21H25FN4O/c1-15-16(2)26(18-9-7-8-17(22)12-18)21(19(15)13-23)24-20(27)14-25-10-5-3-4-6-11-25/h7-9,12H,3-6,10-11,14H2,1-2H3,(H,24,27). The molecule has 0 unspecified atom stereocenters. The highest BCUT2D eigenvalue weighted by Gasteiger charge is 2.22. The molecule has 1 amide bonds. The Hall–Kier alpha value is -2.65. The topological polar surface area (TPSA) is 61.1 Å². The second-order valence-electron chi connectivity index (χ2n) is 7.10. The summed E-state index contributed by atoms with van der Waals surface area (Å²) in [5.41, 5.74) is 2.59. The third kappa shape index (κ3) is 4.20. The van der Waals surface area contributed by atoms with Gasteiger partial charge in [-0.2, -0.15) is 5.26 Å². The molecule has 5 nitrogen and oxygen atoms in total. The van der Waals surface area contributed by atoms with Crippen molar-refractivity contribution >= 4 is 11.7 Å². The molecule has 27 heavy (non-hydrogen) atoms. The van der Waals surface area contributed by atoms with E-state index in [1.807, 2.05) is 13.8 Å². The van der Waals surface area contributed by atoms with Crippen LogP contribution in [-0.4, -0.2) is 35.0 Å². The highest BCUT2D eigenvalue weighted by Crippen LogP contribution is 2.30. The number of carbonyl (C=O) groups is 1. The van der Waals surface area contributed by atoms with Gasteiger partial charge in [-0.1, -0.05) is 18.9 Å². The Morgan fingerprint density at radius 3 is 2.56 bits per heavy atom. The molecule has 0 aliphatic carbocycles. The highest BCUT2D eigenvalue weighted by atomic mass is 19.1. The first-order valence-corrected chi connectivity index (χ1v) is 9.41. The lowest BCUT2D eigenvalue weighted by atomic mass is 10.2. The highest BCUT2D eigenvalue weighted by molar-refractivity contribution is 5.93. The zero-order valence-electron chi connectivity index (χ0n) is 15.9. The van der Waals surface area contributed by atoms with E-state index >= 15 is 0 Å². The lowest BCUT2D eigenvalue weighted by Crippen LogP contribution is -2.34. The monoisotopic (exact) mass is 368 g/mol. The SMILES string of the molecule is Cc1c(C#N)c(NC(=O)CN2CCCCCC2)n(-c2cccc(F)c2)c1C. The molecule has 1 N–H and O–H groups in total. The van der Waals surface area contributed by atoms with Crippen molar-refractivity contribution in [1.82, 2.24) is 9.47 Å². The van der Waals surface area contributed by atoms with Crippen molar-refractivity contribution in [2.24, 2.45) is 0 Å². The lowest BCUT2D eigenvalue weighted by Gasteiger charge is -2.20. The van der Waals surface area contributed by atoms with Crippen LogP contribution >= 0.6 is 0 Å². The van der Waals surface area contributed by atoms with Gasteiger partial charge < -0.3 is 5.32 Å². The van der Waals surface area contributed by atoms with Crippen LogP contribution in [0.15, 0.2) is 24.3 Å².